The standard InChI is InChI=1S/C23H38N3O11P/c1-12-8-22(29,11-26-9-13-4-6-14(7-5-13)10-34-38(31,32)33)23(30)21(35-12)36-20-18(28)15(24-2)17(27)16(25-3)19(20)37-23/h4-7,12,15-21,24-30H,8-11H2,1-3H3,(H2,31,32,33)/t12-,15-,16+,17+,18+,19-,20-,21+,22-,23-/m1/s1. The van der Waals surface area contributed by atoms with Crippen molar-refractivity contribution in [3.05, 3.63) is 35.4 Å². The third-order valence-corrected chi connectivity index (χ3v) is 7.98. The maximum atomic E-state index is 11.7. The van der Waals surface area contributed by atoms with E-state index in [9.17, 15) is 25.0 Å². The molecule has 14 nitrogen and oxygen atoms in total. The number of likely N-dealkylation sites (N-methyl/N-ethyl adjacent to an activating group) is 2. The highest BCUT2D eigenvalue weighted by Crippen LogP contribution is 2.46. The molecule has 2 saturated heterocycles. The first-order valence-corrected chi connectivity index (χ1v) is 14.0. The molecule has 9 N–H and O–H groups in total. The monoisotopic (exact) mass is 563 g/mol. The van der Waals surface area contributed by atoms with E-state index in [1.807, 2.05) is 0 Å². The predicted octanol–water partition coefficient (Wildman–Crippen LogP) is -2.36. The minimum Gasteiger partial charge on any atom is -0.390 e. The molecule has 0 aromatic heterocycles. The van der Waals surface area contributed by atoms with Crippen LogP contribution in [0.5, 0.6) is 0 Å². The molecule has 3 fully saturated rings. The van der Waals surface area contributed by atoms with Crippen molar-refractivity contribution in [3.63, 3.8) is 0 Å². The molecule has 1 aromatic carbocycles. The van der Waals surface area contributed by atoms with E-state index in [-0.39, 0.29) is 19.6 Å². The molecule has 1 aliphatic carbocycles. The number of hydrogen-bond donors (Lipinski definition) is 9. The third kappa shape index (κ3) is 5.85. The Labute approximate surface area is 220 Å². The molecule has 4 rings (SSSR count). The maximum Gasteiger partial charge on any atom is 0.469 e. The summed E-state index contributed by atoms with van der Waals surface area (Å²) in [5, 5.41) is 54.0. The molecule has 3 aliphatic rings. The second-order valence-corrected chi connectivity index (χ2v) is 11.4. The van der Waals surface area contributed by atoms with Crippen LogP contribution in [0, 0.1) is 0 Å². The van der Waals surface area contributed by atoms with Crippen LogP contribution < -0.4 is 16.0 Å². The highest BCUT2D eigenvalue weighted by atomic mass is 31.2. The molecule has 0 bridgehead atoms. The normalized spacial score (nSPS) is 41.4. The molecule has 0 amide bonds. The topological polar surface area (TPSA) is 211 Å². The average molecular weight is 564 g/mol. The van der Waals surface area contributed by atoms with Gasteiger partial charge in [0.1, 0.15) is 23.9 Å². The van der Waals surface area contributed by atoms with Gasteiger partial charge < -0.3 is 60.4 Å². The van der Waals surface area contributed by atoms with Crippen molar-refractivity contribution in [1.82, 2.24) is 16.0 Å². The Morgan fingerprint density at radius 1 is 1.00 bits per heavy atom. The number of phosphoric ester groups is 1. The zero-order valence-electron chi connectivity index (χ0n) is 21.4. The Kier molecular flexibility index (Phi) is 8.99. The lowest BCUT2D eigenvalue weighted by Crippen LogP contribution is -2.81. The van der Waals surface area contributed by atoms with Gasteiger partial charge in [0.15, 0.2) is 0 Å². The Morgan fingerprint density at radius 3 is 2.24 bits per heavy atom. The van der Waals surface area contributed by atoms with Crippen molar-refractivity contribution in [2.75, 3.05) is 20.6 Å². The summed E-state index contributed by atoms with van der Waals surface area (Å²) in [7, 11) is -1.34. The van der Waals surface area contributed by atoms with Crippen LogP contribution in [0.1, 0.15) is 24.5 Å². The summed E-state index contributed by atoms with van der Waals surface area (Å²) in [6.07, 6.45) is -6.08. The molecular weight excluding hydrogens is 525 g/mol. The van der Waals surface area contributed by atoms with Gasteiger partial charge in [-0.1, -0.05) is 24.3 Å². The molecule has 1 aromatic rings. The number of nitrogens with one attached hydrogen (secondary N) is 3. The molecule has 2 aliphatic heterocycles. The molecular formula is C23H38N3O11P. The summed E-state index contributed by atoms with van der Waals surface area (Å²) in [4.78, 5) is 17.7. The van der Waals surface area contributed by atoms with Gasteiger partial charge in [-0.15, -0.1) is 0 Å². The van der Waals surface area contributed by atoms with E-state index in [1.54, 1.807) is 45.3 Å². The second-order valence-electron chi connectivity index (χ2n) is 10.2. The van der Waals surface area contributed by atoms with Gasteiger partial charge in [0, 0.05) is 19.5 Å². The fraction of sp³-hybridized carbons (Fsp3) is 0.739. The van der Waals surface area contributed by atoms with Crippen LogP contribution >= 0.6 is 7.82 Å². The molecule has 2 heterocycles. The van der Waals surface area contributed by atoms with E-state index in [4.69, 9.17) is 24.0 Å². The van der Waals surface area contributed by atoms with Crippen LogP contribution in [-0.2, 0) is 36.5 Å². The summed E-state index contributed by atoms with van der Waals surface area (Å²) < 4.78 is 33.3. The molecule has 38 heavy (non-hydrogen) atoms. The lowest BCUT2D eigenvalue weighted by Gasteiger charge is -2.60. The van der Waals surface area contributed by atoms with Crippen LogP contribution in [0.25, 0.3) is 0 Å². The van der Waals surface area contributed by atoms with Crippen molar-refractivity contribution in [1.29, 1.82) is 0 Å². The van der Waals surface area contributed by atoms with Crippen LogP contribution in [-0.4, -0.2) is 111 Å². The first-order chi connectivity index (χ1) is 17.8. The molecule has 0 spiro atoms. The van der Waals surface area contributed by atoms with Gasteiger partial charge in [0.2, 0.25) is 12.1 Å². The van der Waals surface area contributed by atoms with Crippen molar-refractivity contribution in [2.45, 2.75) is 86.8 Å². The molecule has 15 heteroatoms. The number of rotatable bonds is 9. The summed E-state index contributed by atoms with van der Waals surface area (Å²) in [6, 6.07) is 5.36. The fourth-order valence-corrected chi connectivity index (χ4v) is 5.87. The molecule has 10 atom stereocenters. The summed E-state index contributed by atoms with van der Waals surface area (Å²) >= 11 is 0. The SMILES string of the molecule is CN[C@@H]1[C@H](O)[C@H](NC)[C@H]2O[C@]3(O)[C@H](O[C@@H]2[C@H]1O)O[C@H](C)C[C@@]3(O)CNCc1ccc(COP(=O)(O)O)cc1. The summed E-state index contributed by atoms with van der Waals surface area (Å²) in [5.41, 5.74) is -0.472. The van der Waals surface area contributed by atoms with E-state index < -0.39 is 68.1 Å². The molecule has 216 valence electrons. The summed E-state index contributed by atoms with van der Waals surface area (Å²) in [6.45, 7) is 1.68. The van der Waals surface area contributed by atoms with Crippen LogP contribution in [0.4, 0.5) is 0 Å². The van der Waals surface area contributed by atoms with E-state index in [1.165, 1.54) is 0 Å². The van der Waals surface area contributed by atoms with Crippen LogP contribution in [0.2, 0.25) is 0 Å². The van der Waals surface area contributed by atoms with Gasteiger partial charge in [0.05, 0.1) is 30.9 Å². The van der Waals surface area contributed by atoms with Crippen molar-refractivity contribution in [2.24, 2.45) is 0 Å². The minimum atomic E-state index is -4.57. The van der Waals surface area contributed by atoms with Gasteiger partial charge in [-0.05, 0) is 32.1 Å². The minimum absolute atomic E-state index is 0.0147. The van der Waals surface area contributed by atoms with Gasteiger partial charge in [-0.2, -0.15) is 0 Å². The Bertz CT molecular complexity index is 999. The van der Waals surface area contributed by atoms with E-state index in [0.717, 1.165) is 5.56 Å². The predicted molar refractivity (Wildman–Crippen MR) is 131 cm³/mol. The first-order valence-electron chi connectivity index (χ1n) is 12.4. The van der Waals surface area contributed by atoms with Crippen LogP contribution in [0.15, 0.2) is 24.3 Å². The number of aliphatic hydroxyl groups excluding tert-OH is 2. The first kappa shape index (κ1) is 29.9. The smallest absolute Gasteiger partial charge is 0.390 e. The average Bonchev–Trinajstić information content (AvgIpc) is 2.84. The Morgan fingerprint density at radius 2 is 1.63 bits per heavy atom. The molecule has 0 radical (unpaired) electrons. The quantitative estimate of drug-likeness (QED) is 0.144. The number of hydrogen-bond acceptors (Lipinski definition) is 12. The highest BCUT2D eigenvalue weighted by Gasteiger charge is 2.68. The van der Waals surface area contributed by atoms with Gasteiger partial charge in [-0.25, -0.2) is 4.57 Å². The van der Waals surface area contributed by atoms with E-state index >= 15 is 0 Å². The van der Waals surface area contributed by atoms with Gasteiger partial charge >= 0.3 is 7.82 Å². The van der Waals surface area contributed by atoms with Crippen molar-refractivity contribution >= 4 is 7.82 Å². The molecule has 0 unspecified atom stereocenters. The number of benzene rings is 1. The zero-order chi connectivity index (χ0) is 27.9. The van der Waals surface area contributed by atoms with Crippen molar-refractivity contribution < 1.29 is 53.5 Å². The van der Waals surface area contributed by atoms with Crippen molar-refractivity contribution in [3.8, 4) is 0 Å². The van der Waals surface area contributed by atoms with Gasteiger partial charge in [0.25, 0.3) is 0 Å². The second kappa shape index (κ2) is 11.4. The van der Waals surface area contributed by atoms with E-state index in [0.29, 0.717) is 12.1 Å². The Hall–Kier alpha value is -1.07. The number of ether oxygens (including phenoxy) is 3. The van der Waals surface area contributed by atoms with Crippen LogP contribution in [0.3, 0.4) is 0 Å². The number of fused-ring (bicyclic) bond motifs is 2. The maximum absolute atomic E-state index is 11.7. The third-order valence-electron chi connectivity index (χ3n) is 7.52. The zero-order valence-corrected chi connectivity index (χ0v) is 22.3. The number of phosphoric acid groups is 1. The lowest BCUT2D eigenvalue weighted by molar-refractivity contribution is -0.482. The number of aliphatic hydroxyl groups is 4. The lowest BCUT2D eigenvalue weighted by atomic mass is 9.77. The summed E-state index contributed by atoms with van der Waals surface area (Å²) in [5.74, 6) is -2.31. The Balaban J connectivity index is 1.46. The van der Waals surface area contributed by atoms with Gasteiger partial charge in [-0.3, -0.25) is 4.52 Å². The fourth-order valence-electron chi connectivity index (χ4n) is 5.55. The molecule has 1 saturated carbocycles. The van der Waals surface area contributed by atoms with E-state index in [2.05, 4.69) is 20.5 Å². The largest absolute Gasteiger partial charge is 0.469 e. The highest BCUT2D eigenvalue weighted by molar-refractivity contribution is 7.46.